The van der Waals surface area contributed by atoms with E-state index in [0.29, 0.717) is 17.7 Å². The Hall–Kier alpha value is -2.35. The summed E-state index contributed by atoms with van der Waals surface area (Å²) in [5.74, 6) is -2.27. The van der Waals surface area contributed by atoms with Crippen molar-refractivity contribution < 1.29 is 17.9 Å². The second-order valence-electron chi connectivity index (χ2n) is 4.11. The van der Waals surface area contributed by atoms with Crippen molar-refractivity contribution in [1.82, 2.24) is 9.97 Å². The molecule has 0 aliphatic rings. The number of halogens is 3. The average Bonchev–Trinajstić information content (AvgIpc) is 2.45. The van der Waals surface area contributed by atoms with Crippen LogP contribution in [0.15, 0.2) is 18.2 Å². The third kappa shape index (κ3) is 3.60. The van der Waals surface area contributed by atoms with Crippen molar-refractivity contribution in [3.63, 3.8) is 0 Å². The summed E-state index contributed by atoms with van der Waals surface area (Å²) < 4.78 is 44.6. The molecule has 112 valence electrons. The largest absolute Gasteiger partial charge is 0.377 e. The Kier molecular flexibility index (Phi) is 4.59. The molecule has 1 aromatic heterocycles. The first-order valence-corrected chi connectivity index (χ1v) is 5.99. The van der Waals surface area contributed by atoms with Crippen molar-refractivity contribution in [2.45, 2.75) is 6.61 Å². The number of ether oxygens (including phenoxy) is 1. The minimum atomic E-state index is -1.25. The first-order chi connectivity index (χ1) is 10.0. The zero-order valence-electron chi connectivity index (χ0n) is 11.4. The van der Waals surface area contributed by atoms with Gasteiger partial charge in [0.25, 0.3) is 0 Å². The molecule has 0 aliphatic heterocycles. The molecule has 2 rings (SSSR count). The lowest BCUT2D eigenvalue weighted by Crippen LogP contribution is -2.05. The molecule has 0 aliphatic carbocycles. The van der Waals surface area contributed by atoms with Gasteiger partial charge in [-0.1, -0.05) is 0 Å². The molecule has 2 N–H and O–H groups in total. The van der Waals surface area contributed by atoms with E-state index in [0.717, 1.165) is 6.07 Å². The molecule has 0 spiro atoms. The Labute approximate surface area is 119 Å². The number of methoxy groups -OCH3 is 1. The summed E-state index contributed by atoms with van der Waals surface area (Å²) in [4.78, 5) is 8.21. The highest BCUT2D eigenvalue weighted by atomic mass is 19.2. The second kappa shape index (κ2) is 6.40. The molecule has 0 saturated heterocycles. The van der Waals surface area contributed by atoms with Crippen LogP contribution in [0, 0.1) is 17.5 Å². The number of nitrogens with one attached hydrogen (secondary N) is 2. The van der Waals surface area contributed by atoms with Gasteiger partial charge in [-0.3, -0.25) is 0 Å². The normalized spacial score (nSPS) is 10.5. The third-order valence-corrected chi connectivity index (χ3v) is 2.57. The van der Waals surface area contributed by atoms with E-state index in [4.69, 9.17) is 4.74 Å². The van der Waals surface area contributed by atoms with Crippen molar-refractivity contribution in [2.24, 2.45) is 0 Å². The maximum absolute atomic E-state index is 13.6. The molecule has 5 nitrogen and oxygen atoms in total. The van der Waals surface area contributed by atoms with Gasteiger partial charge < -0.3 is 15.4 Å². The van der Waals surface area contributed by atoms with E-state index in [2.05, 4.69) is 20.6 Å². The van der Waals surface area contributed by atoms with Crippen LogP contribution in [-0.2, 0) is 11.3 Å². The molecule has 0 radical (unpaired) electrons. The van der Waals surface area contributed by atoms with Crippen molar-refractivity contribution >= 4 is 17.3 Å². The standard InChI is InChI=1S/C13H13F3N4O/c1-17-11-5-12(20-13(19-11)6-21-2)18-10-4-8(15)7(14)3-9(10)16/h3-5H,6H2,1-2H3,(H2,17,18,19,20). The predicted molar refractivity (Wildman–Crippen MR) is 71.9 cm³/mol. The van der Waals surface area contributed by atoms with Gasteiger partial charge in [-0.2, -0.15) is 0 Å². The molecule has 0 unspecified atom stereocenters. The molecule has 1 heterocycles. The number of hydrogen-bond acceptors (Lipinski definition) is 5. The Morgan fingerprint density at radius 3 is 2.33 bits per heavy atom. The van der Waals surface area contributed by atoms with Gasteiger partial charge in [0, 0.05) is 32.4 Å². The van der Waals surface area contributed by atoms with Crippen molar-refractivity contribution in [1.29, 1.82) is 0 Å². The molecular weight excluding hydrogens is 285 g/mol. The number of nitrogens with zero attached hydrogens (tertiary/aromatic N) is 2. The third-order valence-electron chi connectivity index (χ3n) is 2.57. The van der Waals surface area contributed by atoms with E-state index >= 15 is 0 Å². The van der Waals surface area contributed by atoms with Crippen LogP contribution >= 0.6 is 0 Å². The van der Waals surface area contributed by atoms with E-state index in [1.165, 1.54) is 13.2 Å². The van der Waals surface area contributed by atoms with E-state index < -0.39 is 17.5 Å². The van der Waals surface area contributed by atoms with Gasteiger partial charge in [0.2, 0.25) is 0 Å². The summed E-state index contributed by atoms with van der Waals surface area (Å²) in [6.45, 7) is 0.157. The average molecular weight is 298 g/mol. The summed E-state index contributed by atoms with van der Waals surface area (Å²) in [5.41, 5.74) is -0.224. The summed E-state index contributed by atoms with van der Waals surface area (Å²) in [5, 5.41) is 5.40. The molecule has 0 fully saturated rings. The molecular formula is C13H13F3N4O. The molecule has 0 saturated carbocycles. The van der Waals surface area contributed by atoms with Crippen LogP contribution in [0.3, 0.4) is 0 Å². The fourth-order valence-corrected chi connectivity index (χ4v) is 1.64. The highest BCUT2D eigenvalue weighted by Crippen LogP contribution is 2.23. The summed E-state index contributed by atoms with van der Waals surface area (Å²) >= 11 is 0. The van der Waals surface area contributed by atoms with Crippen LogP contribution in [0.5, 0.6) is 0 Å². The number of benzene rings is 1. The van der Waals surface area contributed by atoms with Crippen LogP contribution < -0.4 is 10.6 Å². The first kappa shape index (κ1) is 15.0. The Morgan fingerprint density at radius 2 is 1.67 bits per heavy atom. The Balaban J connectivity index is 2.34. The highest BCUT2D eigenvalue weighted by Gasteiger charge is 2.11. The lowest BCUT2D eigenvalue weighted by molar-refractivity contribution is 0.178. The maximum atomic E-state index is 13.6. The van der Waals surface area contributed by atoms with Gasteiger partial charge in [-0.05, 0) is 0 Å². The molecule has 2 aromatic rings. The highest BCUT2D eigenvalue weighted by molar-refractivity contribution is 5.59. The van der Waals surface area contributed by atoms with Gasteiger partial charge >= 0.3 is 0 Å². The Morgan fingerprint density at radius 1 is 1.00 bits per heavy atom. The summed E-state index contributed by atoms with van der Waals surface area (Å²) in [6, 6.07) is 2.69. The van der Waals surface area contributed by atoms with Crippen molar-refractivity contribution in [3.05, 3.63) is 41.5 Å². The monoisotopic (exact) mass is 298 g/mol. The molecule has 0 bridgehead atoms. The minimum absolute atomic E-state index is 0.157. The number of hydrogen-bond donors (Lipinski definition) is 2. The lowest BCUT2D eigenvalue weighted by atomic mass is 10.3. The molecule has 1 aromatic carbocycles. The second-order valence-corrected chi connectivity index (χ2v) is 4.11. The first-order valence-electron chi connectivity index (χ1n) is 5.99. The van der Waals surface area contributed by atoms with Gasteiger partial charge in [0.1, 0.15) is 24.1 Å². The van der Waals surface area contributed by atoms with E-state index in [1.807, 2.05) is 0 Å². The quantitative estimate of drug-likeness (QED) is 0.831. The Bertz CT molecular complexity index is 652. The molecule has 8 heteroatoms. The molecule has 0 amide bonds. The zero-order valence-corrected chi connectivity index (χ0v) is 11.4. The summed E-state index contributed by atoms with van der Waals surface area (Å²) in [7, 11) is 3.14. The SMILES string of the molecule is CNc1cc(Nc2cc(F)c(F)cc2F)nc(COC)n1. The van der Waals surface area contributed by atoms with Crippen LogP contribution in [0.25, 0.3) is 0 Å². The van der Waals surface area contributed by atoms with Crippen LogP contribution in [0.2, 0.25) is 0 Å². The lowest BCUT2D eigenvalue weighted by Gasteiger charge is -2.10. The van der Waals surface area contributed by atoms with Gasteiger partial charge in [0.05, 0.1) is 5.69 Å². The number of rotatable bonds is 5. The van der Waals surface area contributed by atoms with Crippen LogP contribution in [-0.4, -0.2) is 24.1 Å². The smallest absolute Gasteiger partial charge is 0.161 e. The fourth-order valence-electron chi connectivity index (χ4n) is 1.64. The minimum Gasteiger partial charge on any atom is -0.377 e. The number of aromatic nitrogens is 2. The molecule has 21 heavy (non-hydrogen) atoms. The van der Waals surface area contributed by atoms with Crippen LogP contribution in [0.1, 0.15) is 5.82 Å². The van der Waals surface area contributed by atoms with Gasteiger partial charge in [0.15, 0.2) is 17.5 Å². The van der Waals surface area contributed by atoms with Crippen LogP contribution in [0.4, 0.5) is 30.5 Å². The van der Waals surface area contributed by atoms with E-state index in [1.54, 1.807) is 7.05 Å². The van der Waals surface area contributed by atoms with E-state index in [-0.39, 0.29) is 18.1 Å². The summed E-state index contributed by atoms with van der Waals surface area (Å²) in [6.07, 6.45) is 0. The van der Waals surface area contributed by atoms with Gasteiger partial charge in [-0.15, -0.1) is 0 Å². The van der Waals surface area contributed by atoms with Crippen molar-refractivity contribution in [2.75, 3.05) is 24.8 Å². The number of anilines is 3. The maximum Gasteiger partial charge on any atom is 0.161 e. The van der Waals surface area contributed by atoms with Gasteiger partial charge in [-0.25, -0.2) is 23.1 Å². The zero-order chi connectivity index (χ0) is 15.4. The van der Waals surface area contributed by atoms with E-state index in [9.17, 15) is 13.2 Å². The fraction of sp³-hybridized carbons (Fsp3) is 0.231. The topological polar surface area (TPSA) is 59.1 Å². The van der Waals surface area contributed by atoms with Crippen molar-refractivity contribution in [3.8, 4) is 0 Å². The predicted octanol–water partition coefficient (Wildman–Crippen LogP) is 2.83. The molecule has 0 atom stereocenters.